The molecule has 0 amide bonds. The molecule has 0 radical (unpaired) electrons. The fourth-order valence-electron chi connectivity index (χ4n) is 6.62. The van der Waals surface area contributed by atoms with Crippen LogP contribution in [-0.4, -0.2) is 36.6 Å². The highest BCUT2D eigenvalue weighted by atomic mass is 16.5. The summed E-state index contributed by atoms with van der Waals surface area (Å²) >= 11 is 0. The van der Waals surface area contributed by atoms with E-state index < -0.39 is 0 Å². The van der Waals surface area contributed by atoms with Gasteiger partial charge in [0.15, 0.2) is 0 Å². The van der Waals surface area contributed by atoms with Gasteiger partial charge in [-0.1, -0.05) is 84.9 Å². The summed E-state index contributed by atoms with van der Waals surface area (Å²) < 4.78 is 12.6. The lowest BCUT2D eigenvalue weighted by atomic mass is 9.85. The van der Waals surface area contributed by atoms with Crippen molar-refractivity contribution < 1.29 is 19.7 Å². The van der Waals surface area contributed by atoms with Crippen molar-refractivity contribution in [2.75, 3.05) is 26.4 Å². The lowest BCUT2D eigenvalue weighted by molar-refractivity contribution is 0.200. The van der Waals surface area contributed by atoms with Gasteiger partial charge in [-0.25, -0.2) is 0 Å². The number of hydrogen-bond donors (Lipinski definition) is 2. The Morgan fingerprint density at radius 2 is 0.800 bits per heavy atom. The lowest BCUT2D eigenvalue weighted by Gasteiger charge is -2.23. The smallest absolute Gasteiger partial charge is 0.128 e. The van der Waals surface area contributed by atoms with Crippen LogP contribution in [0, 0.1) is 0 Å². The van der Waals surface area contributed by atoms with Gasteiger partial charge in [0.25, 0.3) is 0 Å². The minimum Gasteiger partial charge on any atom is -0.491 e. The lowest BCUT2D eigenvalue weighted by Crippen LogP contribution is -2.06. The van der Waals surface area contributed by atoms with Crippen LogP contribution >= 0.6 is 0 Å². The molecule has 0 aliphatic rings. The number of rotatable bonds is 7. The molecule has 0 bridgehead atoms. The third-order valence-corrected chi connectivity index (χ3v) is 8.17. The van der Waals surface area contributed by atoms with Crippen molar-refractivity contribution in [1.82, 2.24) is 0 Å². The number of ether oxygens (including phenoxy) is 2. The van der Waals surface area contributed by atoms with Crippen molar-refractivity contribution in [3.05, 3.63) is 97.1 Å². The highest BCUT2D eigenvalue weighted by Crippen LogP contribution is 2.51. The third-order valence-electron chi connectivity index (χ3n) is 8.17. The van der Waals surface area contributed by atoms with Crippen LogP contribution in [-0.2, 0) is 0 Å². The van der Waals surface area contributed by atoms with Crippen LogP contribution in [0.1, 0.15) is 0 Å². The van der Waals surface area contributed by atoms with Crippen molar-refractivity contribution in [2.24, 2.45) is 0 Å². The zero-order valence-corrected chi connectivity index (χ0v) is 21.8. The summed E-state index contributed by atoms with van der Waals surface area (Å²) in [5, 5.41) is 33.3. The minimum atomic E-state index is -0.0864. The average Bonchev–Trinajstić information content (AvgIpc) is 3.00. The Morgan fingerprint density at radius 1 is 0.425 bits per heavy atom. The highest BCUT2D eigenvalue weighted by molar-refractivity contribution is 6.30. The summed E-state index contributed by atoms with van der Waals surface area (Å²) in [6.45, 7) is 0.187. The molecule has 8 aromatic carbocycles. The average molecular weight is 523 g/mol. The van der Waals surface area contributed by atoms with Gasteiger partial charge < -0.3 is 19.7 Å². The molecule has 40 heavy (non-hydrogen) atoms. The Hall–Kier alpha value is -4.64. The van der Waals surface area contributed by atoms with E-state index in [0.717, 1.165) is 32.7 Å². The van der Waals surface area contributed by atoms with E-state index in [9.17, 15) is 10.2 Å². The second-order valence-electron chi connectivity index (χ2n) is 10.4. The second-order valence-corrected chi connectivity index (χ2v) is 10.4. The van der Waals surface area contributed by atoms with Gasteiger partial charge in [-0.15, -0.1) is 0 Å². The molecule has 0 aromatic heterocycles. The van der Waals surface area contributed by atoms with Gasteiger partial charge in [0, 0.05) is 11.1 Å². The number of hydrogen-bond acceptors (Lipinski definition) is 4. The van der Waals surface area contributed by atoms with Crippen LogP contribution in [0.3, 0.4) is 0 Å². The van der Waals surface area contributed by atoms with Gasteiger partial charge >= 0.3 is 0 Å². The first-order chi connectivity index (χ1) is 19.8. The topological polar surface area (TPSA) is 58.9 Å². The summed E-state index contributed by atoms with van der Waals surface area (Å²) in [5.74, 6) is 1.40. The number of aliphatic hydroxyl groups excluding tert-OH is 2. The van der Waals surface area contributed by atoms with Gasteiger partial charge in [-0.2, -0.15) is 0 Å². The van der Waals surface area contributed by atoms with Gasteiger partial charge in [-0.05, 0) is 76.8 Å². The van der Waals surface area contributed by atoms with Gasteiger partial charge in [-0.3, -0.25) is 0 Å². The summed E-state index contributed by atoms with van der Waals surface area (Å²) in [6, 6.07) is 34.3. The van der Waals surface area contributed by atoms with Crippen molar-refractivity contribution in [3.8, 4) is 22.6 Å². The van der Waals surface area contributed by atoms with E-state index in [2.05, 4.69) is 97.1 Å². The van der Waals surface area contributed by atoms with Crippen LogP contribution in [0.4, 0.5) is 0 Å². The molecule has 194 valence electrons. The Bertz CT molecular complexity index is 2010. The Kier molecular flexibility index (Phi) is 5.21. The number of aliphatic hydroxyl groups is 2. The van der Waals surface area contributed by atoms with Crippen molar-refractivity contribution in [3.63, 3.8) is 0 Å². The standard InChI is InChI=1S/C36H26O4/c37-15-17-39-29-19-25-9-7-21-3-1-5-23-11-13-27(33(25)31(21)23)35(29)36-28-14-12-24-6-2-4-22-8-10-26(34(28)32(22)24)20-30(36)40-18-16-38/h1-14,19-20,37-38H,15-18H2. The molecule has 0 heterocycles. The van der Waals surface area contributed by atoms with Crippen LogP contribution in [0.2, 0.25) is 0 Å². The summed E-state index contributed by atoms with van der Waals surface area (Å²) in [7, 11) is 0. The Morgan fingerprint density at radius 3 is 1.20 bits per heavy atom. The van der Waals surface area contributed by atoms with Crippen LogP contribution in [0.25, 0.3) is 75.8 Å². The molecule has 0 aliphatic heterocycles. The largest absolute Gasteiger partial charge is 0.491 e. The summed E-state index contributed by atoms with van der Waals surface area (Å²) in [6.07, 6.45) is 0. The molecule has 0 fully saturated rings. The zero-order valence-electron chi connectivity index (χ0n) is 21.8. The first-order valence-corrected chi connectivity index (χ1v) is 13.7. The summed E-state index contributed by atoms with van der Waals surface area (Å²) in [4.78, 5) is 0. The molecule has 0 saturated heterocycles. The van der Waals surface area contributed by atoms with Gasteiger partial charge in [0.05, 0.1) is 13.2 Å². The molecular formula is C36H26O4. The first kappa shape index (κ1) is 23.3. The fourth-order valence-corrected chi connectivity index (χ4v) is 6.62. The van der Waals surface area contributed by atoms with E-state index in [1.54, 1.807) is 0 Å². The Labute approximate surface area is 230 Å². The highest BCUT2D eigenvalue weighted by Gasteiger charge is 2.24. The van der Waals surface area contributed by atoms with Crippen molar-refractivity contribution in [2.45, 2.75) is 0 Å². The maximum absolute atomic E-state index is 9.72. The SMILES string of the molecule is OCCOc1cc2ccc3cccc4ccc(c1-c1c(OCCO)cc5ccc6cccc7ccc1c5c67)c2c34. The molecule has 0 saturated carbocycles. The van der Waals surface area contributed by atoms with Crippen molar-refractivity contribution in [1.29, 1.82) is 0 Å². The van der Waals surface area contributed by atoms with Crippen LogP contribution in [0.15, 0.2) is 97.1 Å². The Balaban J connectivity index is 1.58. The summed E-state index contributed by atoms with van der Waals surface area (Å²) in [5.41, 5.74) is 1.87. The molecule has 0 unspecified atom stereocenters. The number of benzene rings is 8. The van der Waals surface area contributed by atoms with E-state index in [1.165, 1.54) is 43.1 Å². The molecule has 0 atom stereocenters. The fraction of sp³-hybridized carbons (Fsp3) is 0.111. The van der Waals surface area contributed by atoms with E-state index in [-0.39, 0.29) is 26.4 Å². The predicted molar refractivity (Wildman–Crippen MR) is 164 cm³/mol. The zero-order chi connectivity index (χ0) is 26.8. The van der Waals surface area contributed by atoms with Gasteiger partial charge in [0.2, 0.25) is 0 Å². The van der Waals surface area contributed by atoms with Crippen molar-refractivity contribution >= 4 is 64.6 Å². The van der Waals surface area contributed by atoms with Crippen LogP contribution < -0.4 is 9.47 Å². The minimum absolute atomic E-state index is 0.0864. The maximum Gasteiger partial charge on any atom is 0.128 e. The first-order valence-electron chi connectivity index (χ1n) is 13.7. The van der Waals surface area contributed by atoms with E-state index in [1.807, 2.05) is 0 Å². The van der Waals surface area contributed by atoms with E-state index >= 15 is 0 Å². The third kappa shape index (κ3) is 3.27. The molecule has 4 nitrogen and oxygen atoms in total. The van der Waals surface area contributed by atoms with Gasteiger partial charge in [0.1, 0.15) is 24.7 Å². The molecule has 0 aliphatic carbocycles. The normalized spacial score (nSPS) is 12.2. The molecule has 0 spiro atoms. The molecule has 8 aromatic rings. The second kappa shape index (κ2) is 8.95. The molecule has 4 heteroatoms. The van der Waals surface area contributed by atoms with E-state index in [4.69, 9.17) is 9.47 Å². The molecule has 8 rings (SSSR count). The van der Waals surface area contributed by atoms with E-state index in [0.29, 0.717) is 11.5 Å². The molecular weight excluding hydrogens is 496 g/mol. The maximum atomic E-state index is 9.72. The molecule has 2 N–H and O–H groups in total. The predicted octanol–water partition coefficient (Wildman–Crippen LogP) is 7.89. The monoisotopic (exact) mass is 522 g/mol. The van der Waals surface area contributed by atoms with Crippen LogP contribution in [0.5, 0.6) is 11.5 Å². The quantitative estimate of drug-likeness (QED) is 0.209.